The van der Waals surface area contributed by atoms with Gasteiger partial charge in [0.05, 0.1) is 17.7 Å². The van der Waals surface area contributed by atoms with Gasteiger partial charge in [-0.1, -0.05) is 17.7 Å². The van der Waals surface area contributed by atoms with E-state index in [1.807, 2.05) is 11.4 Å². The van der Waals surface area contributed by atoms with Crippen LogP contribution in [0.25, 0.3) is 0 Å². The normalized spacial score (nSPS) is 11.8. The lowest BCUT2D eigenvalue weighted by atomic mass is 10.2. The number of esters is 1. The number of benzene rings is 1. The molecule has 21 heavy (non-hydrogen) atoms. The third-order valence-electron chi connectivity index (χ3n) is 2.77. The van der Waals surface area contributed by atoms with E-state index in [1.54, 1.807) is 12.1 Å². The number of amides is 1. The monoisotopic (exact) mass is 324 g/mol. The first kappa shape index (κ1) is 15.5. The van der Waals surface area contributed by atoms with E-state index >= 15 is 0 Å². The minimum atomic E-state index is -0.762. The van der Waals surface area contributed by atoms with Crippen LogP contribution < -0.4 is 11.1 Å². The first-order chi connectivity index (χ1) is 10.0. The number of carbonyl (C=O) groups excluding carboxylic acids is 2. The van der Waals surface area contributed by atoms with Crippen molar-refractivity contribution in [2.75, 3.05) is 12.4 Å². The van der Waals surface area contributed by atoms with E-state index in [0.29, 0.717) is 5.69 Å². The molecular formula is C14H13ClN2O3S. The van der Waals surface area contributed by atoms with Gasteiger partial charge in [-0.3, -0.25) is 4.79 Å². The van der Waals surface area contributed by atoms with Gasteiger partial charge in [-0.15, -0.1) is 11.3 Å². The molecule has 0 aliphatic carbocycles. The Hall–Kier alpha value is -1.89. The number of ether oxygens (including phenoxy) is 1. The smallest absolute Gasteiger partial charge is 0.339 e. The molecule has 1 unspecified atom stereocenters. The molecule has 0 radical (unpaired) electrons. The quantitative estimate of drug-likeness (QED) is 0.847. The molecule has 2 aromatic rings. The van der Waals surface area contributed by atoms with E-state index in [9.17, 15) is 9.59 Å². The highest BCUT2D eigenvalue weighted by molar-refractivity contribution is 7.10. The Labute approximate surface area is 130 Å². The summed E-state index contributed by atoms with van der Waals surface area (Å²) in [6.45, 7) is 0. The lowest BCUT2D eigenvalue weighted by Gasteiger charge is -2.12. The Kier molecular flexibility index (Phi) is 4.95. The minimum Gasteiger partial charge on any atom is -0.465 e. The second-order valence-corrected chi connectivity index (χ2v) is 5.56. The van der Waals surface area contributed by atoms with Crippen LogP contribution in [0.3, 0.4) is 0 Å². The van der Waals surface area contributed by atoms with Crippen LogP contribution in [-0.2, 0) is 9.53 Å². The van der Waals surface area contributed by atoms with Crippen molar-refractivity contribution in [3.05, 3.63) is 51.2 Å². The molecule has 0 aliphatic heterocycles. The van der Waals surface area contributed by atoms with Crippen molar-refractivity contribution in [1.82, 2.24) is 0 Å². The van der Waals surface area contributed by atoms with Crippen molar-refractivity contribution in [1.29, 1.82) is 0 Å². The molecule has 5 nitrogen and oxygen atoms in total. The summed E-state index contributed by atoms with van der Waals surface area (Å²) in [7, 11) is 1.26. The molecule has 1 amide bonds. The topological polar surface area (TPSA) is 81.4 Å². The average molecular weight is 325 g/mol. The molecule has 1 aromatic heterocycles. The summed E-state index contributed by atoms with van der Waals surface area (Å²) in [5.41, 5.74) is 6.48. The number of hydrogen-bond acceptors (Lipinski definition) is 5. The van der Waals surface area contributed by atoms with Gasteiger partial charge in [0, 0.05) is 10.6 Å². The van der Waals surface area contributed by atoms with Crippen LogP contribution in [0.5, 0.6) is 0 Å². The molecule has 1 atom stereocenters. The van der Waals surface area contributed by atoms with E-state index in [0.717, 1.165) is 4.88 Å². The standard InChI is InChI=1S/C14H13ClN2O3S/c1-20-14(19)9-7-8(4-5-10(9)15)17-13(18)12(16)11-3-2-6-21-11/h2-7,12H,16H2,1H3,(H,17,18). The van der Waals surface area contributed by atoms with Crippen LogP contribution in [-0.4, -0.2) is 19.0 Å². The third-order valence-corrected chi connectivity index (χ3v) is 4.06. The lowest BCUT2D eigenvalue weighted by Crippen LogP contribution is -2.27. The van der Waals surface area contributed by atoms with E-state index in [1.165, 1.54) is 30.6 Å². The minimum absolute atomic E-state index is 0.182. The third kappa shape index (κ3) is 3.60. The van der Waals surface area contributed by atoms with Crippen molar-refractivity contribution < 1.29 is 14.3 Å². The van der Waals surface area contributed by atoms with Gasteiger partial charge in [-0.05, 0) is 29.6 Å². The first-order valence-electron chi connectivity index (χ1n) is 6.00. The molecule has 2 rings (SSSR count). The molecule has 110 valence electrons. The summed E-state index contributed by atoms with van der Waals surface area (Å²) in [5, 5.41) is 4.75. The Morgan fingerprint density at radius 2 is 2.14 bits per heavy atom. The number of rotatable bonds is 4. The van der Waals surface area contributed by atoms with Gasteiger partial charge in [0.15, 0.2) is 0 Å². The number of nitrogens with one attached hydrogen (secondary N) is 1. The zero-order valence-electron chi connectivity index (χ0n) is 11.1. The van der Waals surface area contributed by atoms with Crippen molar-refractivity contribution in [3.8, 4) is 0 Å². The zero-order valence-corrected chi connectivity index (χ0v) is 12.7. The number of methoxy groups -OCH3 is 1. The zero-order chi connectivity index (χ0) is 15.4. The number of nitrogens with two attached hydrogens (primary N) is 1. The van der Waals surface area contributed by atoms with Gasteiger partial charge < -0.3 is 15.8 Å². The fourth-order valence-electron chi connectivity index (χ4n) is 1.69. The summed E-state index contributed by atoms with van der Waals surface area (Å²) in [6, 6.07) is 7.41. The highest BCUT2D eigenvalue weighted by Crippen LogP contribution is 2.23. The van der Waals surface area contributed by atoms with Crippen LogP contribution in [0.1, 0.15) is 21.3 Å². The van der Waals surface area contributed by atoms with E-state index < -0.39 is 12.0 Å². The predicted molar refractivity (Wildman–Crippen MR) is 82.7 cm³/mol. The van der Waals surface area contributed by atoms with Gasteiger partial charge in [0.25, 0.3) is 0 Å². The largest absolute Gasteiger partial charge is 0.465 e. The summed E-state index contributed by atoms with van der Waals surface area (Å²) < 4.78 is 4.62. The van der Waals surface area contributed by atoms with E-state index in [-0.39, 0.29) is 16.5 Å². The fraction of sp³-hybridized carbons (Fsp3) is 0.143. The summed E-state index contributed by atoms with van der Waals surface area (Å²) >= 11 is 7.32. The number of halogens is 1. The Morgan fingerprint density at radius 3 is 2.76 bits per heavy atom. The molecule has 0 saturated heterocycles. The molecule has 0 bridgehead atoms. The van der Waals surface area contributed by atoms with Gasteiger partial charge in [-0.25, -0.2) is 4.79 Å². The molecule has 0 saturated carbocycles. The van der Waals surface area contributed by atoms with Gasteiger partial charge in [-0.2, -0.15) is 0 Å². The second kappa shape index (κ2) is 6.71. The maximum absolute atomic E-state index is 12.1. The molecule has 1 heterocycles. The molecular weight excluding hydrogens is 312 g/mol. The maximum atomic E-state index is 12.1. The van der Waals surface area contributed by atoms with Crippen LogP contribution >= 0.6 is 22.9 Å². The van der Waals surface area contributed by atoms with Crippen molar-refractivity contribution in [2.45, 2.75) is 6.04 Å². The second-order valence-electron chi connectivity index (χ2n) is 4.17. The Bertz CT molecular complexity index is 658. The maximum Gasteiger partial charge on any atom is 0.339 e. The van der Waals surface area contributed by atoms with Crippen molar-refractivity contribution >= 4 is 40.5 Å². The van der Waals surface area contributed by atoms with E-state index in [4.69, 9.17) is 17.3 Å². The Morgan fingerprint density at radius 1 is 1.38 bits per heavy atom. The van der Waals surface area contributed by atoms with Gasteiger partial charge >= 0.3 is 5.97 Å². The highest BCUT2D eigenvalue weighted by Gasteiger charge is 2.18. The number of thiophene rings is 1. The molecule has 0 spiro atoms. The molecule has 7 heteroatoms. The van der Waals surface area contributed by atoms with Crippen LogP contribution in [0, 0.1) is 0 Å². The molecule has 0 fully saturated rings. The van der Waals surface area contributed by atoms with Crippen molar-refractivity contribution in [2.24, 2.45) is 5.73 Å². The fourth-order valence-corrected chi connectivity index (χ4v) is 2.61. The summed E-state index contributed by atoms with van der Waals surface area (Å²) in [5.74, 6) is -0.936. The SMILES string of the molecule is COC(=O)c1cc(NC(=O)C(N)c2cccs2)ccc1Cl. The van der Waals surface area contributed by atoms with Crippen LogP contribution in [0.4, 0.5) is 5.69 Å². The molecule has 3 N–H and O–H groups in total. The number of anilines is 1. The average Bonchev–Trinajstić information content (AvgIpc) is 3.01. The predicted octanol–water partition coefficient (Wildman–Crippen LogP) is 2.83. The number of hydrogen-bond donors (Lipinski definition) is 2. The highest BCUT2D eigenvalue weighted by atomic mass is 35.5. The summed E-state index contributed by atoms with van der Waals surface area (Å²) in [6.07, 6.45) is 0. The summed E-state index contributed by atoms with van der Waals surface area (Å²) in [4.78, 5) is 24.4. The van der Waals surface area contributed by atoms with Crippen LogP contribution in [0.2, 0.25) is 5.02 Å². The number of carbonyl (C=O) groups is 2. The first-order valence-corrected chi connectivity index (χ1v) is 7.26. The van der Waals surface area contributed by atoms with Crippen LogP contribution in [0.15, 0.2) is 35.7 Å². The molecule has 1 aromatic carbocycles. The van der Waals surface area contributed by atoms with Gasteiger partial charge in [0.1, 0.15) is 6.04 Å². The lowest BCUT2D eigenvalue weighted by molar-refractivity contribution is -0.117. The Balaban J connectivity index is 2.16. The van der Waals surface area contributed by atoms with E-state index in [2.05, 4.69) is 10.1 Å². The molecule has 0 aliphatic rings. The van der Waals surface area contributed by atoms with Crippen molar-refractivity contribution in [3.63, 3.8) is 0 Å². The van der Waals surface area contributed by atoms with Gasteiger partial charge in [0.2, 0.25) is 5.91 Å².